The lowest BCUT2D eigenvalue weighted by atomic mass is 10.0. The predicted molar refractivity (Wildman–Crippen MR) is 123 cm³/mol. The Balaban J connectivity index is 1.30. The van der Waals surface area contributed by atoms with Crippen molar-refractivity contribution in [2.24, 2.45) is 10.9 Å². The third kappa shape index (κ3) is 8.15. The molecule has 2 saturated heterocycles. The Bertz CT molecular complexity index is 681. The number of rotatable bonds is 9. The number of nitrogens with one attached hydrogen (secondary N) is 2. The number of piperidine rings is 1. The van der Waals surface area contributed by atoms with Gasteiger partial charge in [0.25, 0.3) is 5.91 Å². The fourth-order valence-corrected chi connectivity index (χ4v) is 4.00. The Hall–Kier alpha value is -2.12. The van der Waals surface area contributed by atoms with Gasteiger partial charge in [0.15, 0.2) is 5.96 Å². The van der Waals surface area contributed by atoms with Crippen LogP contribution in [0.15, 0.2) is 29.3 Å². The maximum atomic E-state index is 12.6. The van der Waals surface area contributed by atoms with Gasteiger partial charge in [0.05, 0.1) is 0 Å². The van der Waals surface area contributed by atoms with Crippen molar-refractivity contribution < 1.29 is 14.3 Å². The van der Waals surface area contributed by atoms with E-state index in [2.05, 4.69) is 15.6 Å². The molecular weight excluding hydrogens is 392 g/mol. The molecule has 7 nitrogen and oxygen atoms in total. The molecule has 3 rings (SSSR count). The van der Waals surface area contributed by atoms with Crippen LogP contribution in [-0.2, 0) is 16.0 Å². The second kappa shape index (κ2) is 13.3. The average molecular weight is 431 g/mol. The van der Waals surface area contributed by atoms with E-state index >= 15 is 0 Å². The van der Waals surface area contributed by atoms with Crippen LogP contribution in [0, 0.1) is 5.92 Å². The average Bonchev–Trinajstić information content (AvgIpc) is 2.84. The third-order valence-corrected chi connectivity index (χ3v) is 5.98. The van der Waals surface area contributed by atoms with Crippen LogP contribution in [0.5, 0.6) is 0 Å². The first-order chi connectivity index (χ1) is 15.3. The summed E-state index contributed by atoms with van der Waals surface area (Å²) in [5.74, 6) is 1.58. The van der Waals surface area contributed by atoms with Gasteiger partial charge in [-0.2, -0.15) is 0 Å². The Morgan fingerprint density at radius 1 is 1.13 bits per heavy atom. The summed E-state index contributed by atoms with van der Waals surface area (Å²) in [6.45, 7) is 6.58. The summed E-state index contributed by atoms with van der Waals surface area (Å²) in [5.41, 5.74) is 1.90. The number of carbonyl (C=O) groups is 1. The second-order valence-electron chi connectivity index (χ2n) is 8.39. The minimum absolute atomic E-state index is 0.149. The third-order valence-electron chi connectivity index (χ3n) is 5.98. The van der Waals surface area contributed by atoms with Gasteiger partial charge in [0.1, 0.15) is 0 Å². The molecule has 31 heavy (non-hydrogen) atoms. The Kier molecular flexibility index (Phi) is 10.1. The molecule has 0 bridgehead atoms. The van der Waals surface area contributed by atoms with Gasteiger partial charge in [-0.15, -0.1) is 0 Å². The van der Waals surface area contributed by atoms with Crippen LogP contribution in [0.1, 0.15) is 54.4 Å². The lowest BCUT2D eigenvalue weighted by Gasteiger charge is -2.26. The van der Waals surface area contributed by atoms with E-state index in [1.165, 1.54) is 6.42 Å². The number of nitrogens with zero attached hydrogens (tertiary/aromatic N) is 2. The summed E-state index contributed by atoms with van der Waals surface area (Å²) >= 11 is 0. The highest BCUT2D eigenvalue weighted by atomic mass is 16.5. The molecule has 7 heteroatoms. The summed E-state index contributed by atoms with van der Waals surface area (Å²) < 4.78 is 11.2. The van der Waals surface area contributed by atoms with Crippen LogP contribution < -0.4 is 10.6 Å². The number of likely N-dealkylation sites (tertiary alicyclic amines) is 1. The zero-order valence-electron chi connectivity index (χ0n) is 18.9. The summed E-state index contributed by atoms with van der Waals surface area (Å²) in [6, 6.07) is 7.89. The van der Waals surface area contributed by atoms with E-state index in [1.807, 2.05) is 29.2 Å². The Morgan fingerprint density at radius 2 is 1.87 bits per heavy atom. The molecule has 2 aliphatic heterocycles. The number of amides is 1. The maximum Gasteiger partial charge on any atom is 0.253 e. The SMILES string of the molecule is CN=C(NCCCOCC1CCOCC1)NCc1ccc(C(=O)N2CCCCC2)cc1. The van der Waals surface area contributed by atoms with Gasteiger partial charge in [-0.05, 0) is 62.1 Å². The Morgan fingerprint density at radius 3 is 2.58 bits per heavy atom. The van der Waals surface area contributed by atoms with Crippen molar-refractivity contribution in [2.45, 2.75) is 45.1 Å². The van der Waals surface area contributed by atoms with Crippen molar-refractivity contribution in [2.75, 3.05) is 53.1 Å². The number of hydrogen-bond donors (Lipinski definition) is 2. The van der Waals surface area contributed by atoms with Gasteiger partial charge in [0, 0.05) is 65.2 Å². The first-order valence-electron chi connectivity index (χ1n) is 11.7. The zero-order valence-corrected chi connectivity index (χ0v) is 18.9. The molecule has 1 amide bonds. The molecule has 2 fully saturated rings. The van der Waals surface area contributed by atoms with Gasteiger partial charge in [-0.25, -0.2) is 0 Å². The fraction of sp³-hybridized carbons (Fsp3) is 0.667. The number of aliphatic imine (C=N–C) groups is 1. The lowest BCUT2D eigenvalue weighted by Crippen LogP contribution is -2.37. The summed E-state index contributed by atoms with van der Waals surface area (Å²) in [5, 5.41) is 6.66. The molecule has 0 atom stereocenters. The first kappa shape index (κ1) is 23.5. The zero-order chi connectivity index (χ0) is 21.7. The quantitative estimate of drug-likeness (QED) is 0.358. The van der Waals surface area contributed by atoms with Crippen LogP contribution in [0.4, 0.5) is 0 Å². The minimum Gasteiger partial charge on any atom is -0.381 e. The predicted octanol–water partition coefficient (Wildman–Crippen LogP) is 2.81. The standard InChI is InChI=1S/C24H38N4O3/c1-25-24(26-12-5-15-31-19-21-10-16-30-17-11-21)27-18-20-6-8-22(9-7-20)23(29)28-13-3-2-4-14-28/h6-9,21H,2-5,10-19H2,1H3,(H2,25,26,27). The van der Waals surface area contributed by atoms with Crippen LogP contribution in [0.25, 0.3) is 0 Å². The highest BCUT2D eigenvalue weighted by Gasteiger charge is 2.18. The van der Waals surface area contributed by atoms with Crippen molar-refractivity contribution in [1.82, 2.24) is 15.5 Å². The lowest BCUT2D eigenvalue weighted by molar-refractivity contribution is 0.0203. The van der Waals surface area contributed by atoms with Gasteiger partial charge >= 0.3 is 0 Å². The van der Waals surface area contributed by atoms with Crippen LogP contribution in [0.2, 0.25) is 0 Å². The molecule has 172 valence electrons. The van der Waals surface area contributed by atoms with E-state index < -0.39 is 0 Å². The van der Waals surface area contributed by atoms with Crippen molar-refractivity contribution >= 4 is 11.9 Å². The molecule has 0 spiro atoms. The number of hydrogen-bond acceptors (Lipinski definition) is 4. The molecule has 0 unspecified atom stereocenters. The fourth-order valence-electron chi connectivity index (χ4n) is 4.00. The molecule has 0 radical (unpaired) electrons. The molecular formula is C24H38N4O3. The van der Waals surface area contributed by atoms with Crippen LogP contribution in [-0.4, -0.2) is 69.9 Å². The number of ether oxygens (including phenoxy) is 2. The monoisotopic (exact) mass is 430 g/mol. The van der Waals surface area contributed by atoms with Gasteiger partial charge in [0.2, 0.25) is 0 Å². The normalized spacial score (nSPS) is 18.1. The summed E-state index contributed by atoms with van der Waals surface area (Å²) in [7, 11) is 1.78. The van der Waals surface area contributed by atoms with Crippen molar-refractivity contribution in [3.63, 3.8) is 0 Å². The van der Waals surface area contributed by atoms with Gasteiger partial charge < -0.3 is 25.0 Å². The molecule has 1 aromatic rings. The molecule has 2 aliphatic rings. The largest absolute Gasteiger partial charge is 0.381 e. The number of carbonyl (C=O) groups excluding carboxylic acids is 1. The first-order valence-corrected chi connectivity index (χ1v) is 11.7. The van der Waals surface area contributed by atoms with E-state index in [-0.39, 0.29) is 5.91 Å². The van der Waals surface area contributed by atoms with Crippen molar-refractivity contribution in [3.8, 4) is 0 Å². The number of guanidine groups is 1. The smallest absolute Gasteiger partial charge is 0.253 e. The minimum atomic E-state index is 0.149. The highest BCUT2D eigenvalue weighted by Crippen LogP contribution is 2.15. The van der Waals surface area contributed by atoms with Gasteiger partial charge in [-0.3, -0.25) is 9.79 Å². The molecule has 0 aromatic heterocycles. The van der Waals surface area contributed by atoms with Crippen molar-refractivity contribution in [3.05, 3.63) is 35.4 Å². The molecule has 2 heterocycles. The molecule has 2 N–H and O–H groups in total. The summed E-state index contributed by atoms with van der Waals surface area (Å²) in [6.07, 6.45) is 6.62. The molecule has 1 aromatic carbocycles. The van der Waals surface area contributed by atoms with E-state index in [0.717, 1.165) is 95.3 Å². The molecule has 0 saturated carbocycles. The highest BCUT2D eigenvalue weighted by molar-refractivity contribution is 5.94. The second-order valence-corrected chi connectivity index (χ2v) is 8.39. The summed E-state index contributed by atoms with van der Waals surface area (Å²) in [4.78, 5) is 18.8. The number of benzene rings is 1. The van der Waals surface area contributed by atoms with Crippen LogP contribution in [0.3, 0.4) is 0 Å². The topological polar surface area (TPSA) is 75.2 Å². The van der Waals surface area contributed by atoms with Gasteiger partial charge in [-0.1, -0.05) is 12.1 Å². The maximum absolute atomic E-state index is 12.6. The van der Waals surface area contributed by atoms with E-state index in [4.69, 9.17) is 9.47 Å². The van der Waals surface area contributed by atoms with E-state index in [1.54, 1.807) is 7.05 Å². The van der Waals surface area contributed by atoms with Crippen molar-refractivity contribution in [1.29, 1.82) is 0 Å². The van der Waals surface area contributed by atoms with Crippen LogP contribution >= 0.6 is 0 Å². The Labute approximate surface area is 186 Å². The van der Waals surface area contributed by atoms with E-state index in [9.17, 15) is 4.79 Å². The molecule has 0 aliphatic carbocycles. The van der Waals surface area contributed by atoms with E-state index in [0.29, 0.717) is 12.5 Å².